The first-order valence-electron chi connectivity index (χ1n) is 13.0. The predicted octanol–water partition coefficient (Wildman–Crippen LogP) is 5.41. The van der Waals surface area contributed by atoms with E-state index in [1.54, 1.807) is 17.1 Å². The number of alkyl halides is 3. The first-order chi connectivity index (χ1) is 17.5. The van der Waals surface area contributed by atoms with Gasteiger partial charge in [0.15, 0.2) is 0 Å². The highest BCUT2D eigenvalue weighted by Crippen LogP contribution is 2.57. The Bertz CT molecular complexity index is 1190. The molecule has 2 N–H and O–H groups in total. The average molecular weight is 534 g/mol. The lowest BCUT2D eigenvalue weighted by Crippen LogP contribution is -2.66. The highest BCUT2D eigenvalue weighted by molar-refractivity contribution is 6.30. The number of carbonyl (C=O) groups is 1. The van der Waals surface area contributed by atoms with Crippen LogP contribution in [0.4, 0.5) is 18.9 Å². The van der Waals surface area contributed by atoms with Crippen LogP contribution in [0.2, 0.25) is 5.02 Å². The molecular formula is C28H31ClF3N3O2. The third kappa shape index (κ3) is 4.95. The van der Waals surface area contributed by atoms with Gasteiger partial charge in [-0.1, -0.05) is 29.8 Å². The van der Waals surface area contributed by atoms with Crippen molar-refractivity contribution in [3.05, 3.63) is 64.7 Å². The van der Waals surface area contributed by atoms with Gasteiger partial charge in [-0.3, -0.25) is 4.79 Å². The molecule has 2 aromatic rings. The van der Waals surface area contributed by atoms with Gasteiger partial charge in [-0.25, -0.2) is 5.01 Å². The molecule has 4 aliphatic carbocycles. The molecule has 4 bridgehead atoms. The molecule has 37 heavy (non-hydrogen) atoms. The Balaban J connectivity index is 1.25. The van der Waals surface area contributed by atoms with Gasteiger partial charge in [-0.15, -0.1) is 0 Å². The predicted molar refractivity (Wildman–Crippen MR) is 135 cm³/mol. The minimum atomic E-state index is -4.46. The number of benzene rings is 2. The molecule has 4 saturated carbocycles. The van der Waals surface area contributed by atoms with E-state index in [1.807, 2.05) is 23.2 Å². The Labute approximate surface area is 219 Å². The fourth-order valence-corrected chi connectivity index (χ4v) is 7.94. The summed E-state index contributed by atoms with van der Waals surface area (Å²) in [6.07, 6.45) is 0.697. The quantitative estimate of drug-likeness (QED) is 0.539. The third-order valence-electron chi connectivity index (χ3n) is 8.68. The molecule has 5 aliphatic rings. The van der Waals surface area contributed by atoms with E-state index in [0.29, 0.717) is 42.1 Å². The van der Waals surface area contributed by atoms with E-state index >= 15 is 0 Å². The van der Waals surface area contributed by atoms with Gasteiger partial charge in [0.1, 0.15) is 0 Å². The van der Waals surface area contributed by atoms with Gasteiger partial charge in [-0.05, 0) is 86.3 Å². The maximum absolute atomic E-state index is 13.6. The van der Waals surface area contributed by atoms with Crippen molar-refractivity contribution < 1.29 is 23.1 Å². The van der Waals surface area contributed by atoms with Crippen molar-refractivity contribution in [1.29, 1.82) is 0 Å². The van der Waals surface area contributed by atoms with Gasteiger partial charge in [0, 0.05) is 30.2 Å². The Kier molecular flexibility index (Phi) is 6.01. The summed E-state index contributed by atoms with van der Waals surface area (Å²) in [4.78, 5) is 13.6. The first kappa shape index (κ1) is 25.0. The largest absolute Gasteiger partial charge is 0.416 e. The van der Waals surface area contributed by atoms with Gasteiger partial charge in [0.2, 0.25) is 5.91 Å². The van der Waals surface area contributed by atoms with Gasteiger partial charge in [0.25, 0.3) is 0 Å². The minimum absolute atomic E-state index is 0.0869. The second kappa shape index (κ2) is 8.89. The highest BCUT2D eigenvalue weighted by Gasteiger charge is 2.58. The normalized spacial score (nSPS) is 33.2. The summed E-state index contributed by atoms with van der Waals surface area (Å²) in [5, 5.41) is 18.7. The van der Waals surface area contributed by atoms with E-state index in [0.717, 1.165) is 49.8 Å². The monoisotopic (exact) mass is 533 g/mol. The molecule has 1 saturated heterocycles. The van der Waals surface area contributed by atoms with Crippen LogP contribution in [0.5, 0.6) is 0 Å². The topological polar surface area (TPSA) is 55.8 Å². The number of hydrazine groups is 1. The summed E-state index contributed by atoms with van der Waals surface area (Å²) in [7, 11) is 0. The number of carbonyl (C=O) groups excluding carboxylic acids is 1. The number of hydrogen-bond acceptors (Lipinski definition) is 4. The van der Waals surface area contributed by atoms with Crippen molar-refractivity contribution in [1.82, 2.24) is 10.3 Å². The molecule has 2 aromatic carbocycles. The van der Waals surface area contributed by atoms with Crippen LogP contribution in [-0.2, 0) is 17.5 Å². The number of rotatable bonds is 5. The van der Waals surface area contributed by atoms with E-state index < -0.39 is 23.3 Å². The van der Waals surface area contributed by atoms with Crippen LogP contribution in [0, 0.1) is 17.8 Å². The molecule has 5 fully saturated rings. The molecular weight excluding hydrogens is 503 g/mol. The lowest BCUT2D eigenvalue weighted by atomic mass is 9.51. The Morgan fingerprint density at radius 2 is 1.78 bits per heavy atom. The lowest BCUT2D eigenvalue weighted by Gasteiger charge is -2.60. The highest BCUT2D eigenvalue weighted by atomic mass is 35.5. The summed E-state index contributed by atoms with van der Waals surface area (Å²) in [5.74, 6) is 0.375. The number of aliphatic hydroxyl groups is 1. The maximum atomic E-state index is 13.6. The van der Waals surface area contributed by atoms with Crippen LogP contribution in [0.1, 0.15) is 49.7 Å². The molecule has 1 heterocycles. The van der Waals surface area contributed by atoms with Crippen molar-refractivity contribution in [2.75, 3.05) is 18.1 Å². The van der Waals surface area contributed by atoms with Crippen molar-refractivity contribution >= 4 is 23.2 Å². The number of nitrogens with one attached hydrogen (secondary N) is 1. The number of nitrogens with zero attached hydrogens (tertiary/aromatic N) is 2. The van der Waals surface area contributed by atoms with E-state index in [9.17, 15) is 23.1 Å². The van der Waals surface area contributed by atoms with Gasteiger partial charge in [-0.2, -0.15) is 13.2 Å². The average Bonchev–Trinajstić information content (AvgIpc) is 3.20. The zero-order valence-electron chi connectivity index (χ0n) is 20.5. The minimum Gasteiger partial charge on any atom is -0.390 e. The molecule has 198 valence electrons. The van der Waals surface area contributed by atoms with E-state index in [1.165, 1.54) is 6.07 Å². The van der Waals surface area contributed by atoms with Crippen LogP contribution in [0.3, 0.4) is 0 Å². The smallest absolute Gasteiger partial charge is 0.390 e. The fraction of sp³-hybridized carbons (Fsp3) is 0.536. The molecule has 1 aliphatic heterocycles. The fourth-order valence-electron chi connectivity index (χ4n) is 7.73. The number of anilines is 1. The van der Waals surface area contributed by atoms with Crippen molar-refractivity contribution in [2.45, 2.75) is 62.4 Å². The molecule has 1 amide bonds. The van der Waals surface area contributed by atoms with Crippen LogP contribution in [0.25, 0.3) is 0 Å². The number of hydrogen-bond donors (Lipinski definition) is 2. The van der Waals surface area contributed by atoms with Crippen LogP contribution < -0.4 is 10.3 Å². The molecule has 5 nitrogen and oxygen atoms in total. The summed E-state index contributed by atoms with van der Waals surface area (Å²) >= 11 is 6.18. The molecule has 0 radical (unpaired) electrons. The summed E-state index contributed by atoms with van der Waals surface area (Å²) in [6.45, 7) is 1.07. The summed E-state index contributed by atoms with van der Waals surface area (Å²) in [6, 6.07) is 12.6. The SMILES string of the molecule is O=C(NC12CC3CC(CC(O)(C3)C1)C2)C1CN(Cc2cccc(Cl)c2)N(c2cccc(C(F)(F)F)c2)C1. The Morgan fingerprint density at radius 1 is 1.05 bits per heavy atom. The van der Waals surface area contributed by atoms with E-state index in [-0.39, 0.29) is 18.0 Å². The van der Waals surface area contributed by atoms with Crippen LogP contribution in [-0.4, -0.2) is 40.3 Å². The Morgan fingerprint density at radius 3 is 2.46 bits per heavy atom. The van der Waals surface area contributed by atoms with E-state index in [2.05, 4.69) is 5.32 Å². The second-order valence-electron chi connectivity index (χ2n) is 11.8. The zero-order valence-corrected chi connectivity index (χ0v) is 21.2. The summed E-state index contributed by atoms with van der Waals surface area (Å²) < 4.78 is 40.4. The van der Waals surface area contributed by atoms with Gasteiger partial charge >= 0.3 is 6.18 Å². The molecule has 3 unspecified atom stereocenters. The first-order valence-corrected chi connectivity index (χ1v) is 13.4. The number of amides is 1. The molecule has 7 rings (SSSR count). The zero-order chi connectivity index (χ0) is 26.0. The van der Waals surface area contributed by atoms with E-state index in [4.69, 9.17) is 11.6 Å². The summed E-state index contributed by atoms with van der Waals surface area (Å²) in [5.41, 5.74) is -0.472. The Hall–Kier alpha value is -2.29. The van der Waals surface area contributed by atoms with Gasteiger partial charge in [0.05, 0.1) is 22.8 Å². The standard InChI is InChI=1S/C28H31ClF3N3O2/c29-23-5-1-3-18(8-23)14-34-15-21(16-35(34)24-6-2-4-22(9-24)28(30,31)32)25(36)33-26-10-19-7-20(11-26)13-27(37,12-19)17-26/h1-6,8-9,19-21,37H,7,10-17H2,(H,33,36). The van der Waals surface area contributed by atoms with Crippen LogP contribution >= 0.6 is 11.6 Å². The maximum Gasteiger partial charge on any atom is 0.416 e. The lowest BCUT2D eigenvalue weighted by molar-refractivity contribution is -0.152. The molecule has 3 atom stereocenters. The molecule has 9 heteroatoms. The molecule has 0 spiro atoms. The van der Waals surface area contributed by atoms with Crippen LogP contribution in [0.15, 0.2) is 48.5 Å². The number of halogens is 4. The third-order valence-corrected chi connectivity index (χ3v) is 8.92. The second-order valence-corrected chi connectivity index (χ2v) is 12.2. The van der Waals surface area contributed by atoms with Crippen molar-refractivity contribution in [3.63, 3.8) is 0 Å². The van der Waals surface area contributed by atoms with Gasteiger partial charge < -0.3 is 15.4 Å². The van der Waals surface area contributed by atoms with Crippen molar-refractivity contribution in [3.8, 4) is 0 Å². The molecule has 0 aromatic heterocycles. The van der Waals surface area contributed by atoms with Crippen molar-refractivity contribution in [2.24, 2.45) is 17.8 Å².